The Morgan fingerprint density at radius 3 is 2.44 bits per heavy atom. The van der Waals surface area contributed by atoms with Crippen molar-refractivity contribution in [2.45, 2.75) is 29.7 Å². The average molecular weight is 635 g/mol. The molecule has 0 spiro atoms. The molecule has 3 amide bonds. The number of pyridine rings is 1. The molecular weight excluding hydrogens is 612 g/mol. The number of aromatic nitrogens is 2. The fraction of sp³-hybridized carbons (Fsp3) is 0.200. The van der Waals surface area contributed by atoms with Gasteiger partial charge in [-0.1, -0.05) is 40.8 Å². The second-order valence-electron chi connectivity index (χ2n) is 9.79. The summed E-state index contributed by atoms with van der Waals surface area (Å²) in [5.41, 5.74) is 1.89. The van der Waals surface area contributed by atoms with Gasteiger partial charge in [-0.3, -0.25) is 28.7 Å². The number of ether oxygens (including phenoxy) is 1. The van der Waals surface area contributed by atoms with Crippen LogP contribution in [0.2, 0.25) is 5.02 Å². The number of amides is 3. The van der Waals surface area contributed by atoms with Gasteiger partial charge in [0.2, 0.25) is 17.7 Å². The number of esters is 1. The number of imide groups is 1. The van der Waals surface area contributed by atoms with Gasteiger partial charge in [0.25, 0.3) is 0 Å². The number of hydrogen-bond acceptors (Lipinski definition) is 9. The van der Waals surface area contributed by atoms with Crippen molar-refractivity contribution in [1.29, 1.82) is 0 Å². The Bertz CT molecular complexity index is 1790. The number of carbonyl (C=O) groups excluding carboxylic acids is 4. The van der Waals surface area contributed by atoms with E-state index in [1.807, 2.05) is 6.07 Å². The van der Waals surface area contributed by atoms with E-state index in [2.05, 4.69) is 10.3 Å². The summed E-state index contributed by atoms with van der Waals surface area (Å²) in [6, 6.07) is 16.2. The SMILES string of the molecule is CCOC(=O)c1ccc(NC(=O)Cn2c3c(sc2=O)[C@H](c2cccnc2)C2C(=O)N(c4ccc(Cl)cc4)C(=O)C2S3)cc1. The molecule has 1 fully saturated rings. The Kier molecular flexibility index (Phi) is 7.91. The molecule has 1 saturated heterocycles. The summed E-state index contributed by atoms with van der Waals surface area (Å²) in [5.74, 6) is -3.10. The lowest BCUT2D eigenvalue weighted by Crippen LogP contribution is -2.33. The molecule has 2 aromatic heterocycles. The molecule has 0 bridgehead atoms. The first-order chi connectivity index (χ1) is 20.8. The van der Waals surface area contributed by atoms with Crippen molar-refractivity contribution in [3.8, 4) is 0 Å². The molecule has 6 rings (SSSR count). The molecule has 43 heavy (non-hydrogen) atoms. The van der Waals surface area contributed by atoms with Gasteiger partial charge >= 0.3 is 10.8 Å². The molecule has 13 heteroatoms. The van der Waals surface area contributed by atoms with Crippen LogP contribution in [0.3, 0.4) is 0 Å². The molecule has 4 aromatic rings. The number of halogens is 1. The van der Waals surface area contributed by atoms with Crippen LogP contribution >= 0.6 is 34.7 Å². The topological polar surface area (TPSA) is 128 Å². The molecule has 2 aliphatic rings. The zero-order valence-electron chi connectivity index (χ0n) is 22.6. The number of rotatable bonds is 7. The Labute approximate surface area is 258 Å². The number of thiazole rings is 1. The number of hydrogen-bond donors (Lipinski definition) is 1. The summed E-state index contributed by atoms with van der Waals surface area (Å²) in [6.45, 7) is 1.65. The average Bonchev–Trinajstić information content (AvgIpc) is 3.44. The van der Waals surface area contributed by atoms with Gasteiger partial charge in [0.05, 0.1) is 28.8 Å². The number of thioether (sulfide) groups is 1. The number of nitrogens with one attached hydrogen (secondary N) is 1. The van der Waals surface area contributed by atoms with Crippen molar-refractivity contribution in [2.75, 3.05) is 16.8 Å². The molecular formula is C30H23ClN4O6S2. The lowest BCUT2D eigenvalue weighted by molar-refractivity contribution is -0.122. The summed E-state index contributed by atoms with van der Waals surface area (Å²) < 4.78 is 6.33. The van der Waals surface area contributed by atoms with Gasteiger partial charge in [-0.2, -0.15) is 0 Å². The minimum Gasteiger partial charge on any atom is -0.462 e. The molecule has 4 heterocycles. The summed E-state index contributed by atoms with van der Waals surface area (Å²) in [4.78, 5) is 71.5. The minimum absolute atomic E-state index is 0.247. The van der Waals surface area contributed by atoms with Gasteiger partial charge in [0, 0.05) is 33.9 Å². The van der Waals surface area contributed by atoms with Crippen molar-refractivity contribution < 1.29 is 23.9 Å². The van der Waals surface area contributed by atoms with E-state index in [1.54, 1.807) is 61.8 Å². The molecule has 0 radical (unpaired) electrons. The molecule has 218 valence electrons. The predicted octanol–water partition coefficient (Wildman–Crippen LogP) is 4.57. The standard InChI is InChI=1S/C30H23ClN4O6S2/c1-2-41-29(39)16-5-9-19(10-6-16)33-21(36)15-34-28-25(43-30(34)40)22(17-4-3-13-32-14-17)23-24(42-28)27(38)35(26(23)37)20-11-7-18(31)8-12-20/h3-14,22-24H,2,15H2,1H3,(H,33,36)/t22-,23?,24?/m1/s1. The van der Waals surface area contributed by atoms with E-state index in [1.165, 1.54) is 21.6 Å². The molecule has 2 aliphatic heterocycles. The highest BCUT2D eigenvalue weighted by Gasteiger charge is 2.56. The molecule has 10 nitrogen and oxygen atoms in total. The van der Waals surface area contributed by atoms with Gasteiger partial charge in [-0.15, -0.1) is 0 Å². The van der Waals surface area contributed by atoms with Crippen LogP contribution in [0.25, 0.3) is 0 Å². The zero-order valence-corrected chi connectivity index (χ0v) is 24.9. The van der Waals surface area contributed by atoms with E-state index in [-0.39, 0.29) is 23.9 Å². The molecule has 1 N–H and O–H groups in total. The first-order valence-corrected chi connectivity index (χ1v) is 15.3. The van der Waals surface area contributed by atoms with Crippen LogP contribution in [0.4, 0.5) is 11.4 Å². The third-order valence-electron chi connectivity index (χ3n) is 7.16. The first-order valence-electron chi connectivity index (χ1n) is 13.3. The Hall–Kier alpha value is -4.26. The quantitative estimate of drug-likeness (QED) is 0.231. The molecule has 0 saturated carbocycles. The Morgan fingerprint density at radius 2 is 1.77 bits per heavy atom. The minimum atomic E-state index is -0.820. The van der Waals surface area contributed by atoms with E-state index in [0.717, 1.165) is 23.1 Å². The Balaban J connectivity index is 1.32. The second-order valence-corrected chi connectivity index (χ2v) is 12.3. The van der Waals surface area contributed by atoms with Crippen molar-refractivity contribution in [2.24, 2.45) is 5.92 Å². The van der Waals surface area contributed by atoms with Crippen LogP contribution in [-0.4, -0.2) is 45.1 Å². The molecule has 2 unspecified atom stereocenters. The second kappa shape index (κ2) is 11.8. The van der Waals surface area contributed by atoms with Crippen LogP contribution in [0.1, 0.15) is 33.6 Å². The van der Waals surface area contributed by atoms with E-state index >= 15 is 0 Å². The van der Waals surface area contributed by atoms with Gasteiger partial charge in [-0.25, -0.2) is 9.69 Å². The summed E-state index contributed by atoms with van der Waals surface area (Å²) in [7, 11) is 0. The number of benzene rings is 2. The van der Waals surface area contributed by atoms with E-state index < -0.39 is 34.9 Å². The van der Waals surface area contributed by atoms with E-state index in [4.69, 9.17) is 16.3 Å². The lowest BCUT2D eigenvalue weighted by atomic mass is 9.84. The van der Waals surface area contributed by atoms with E-state index in [0.29, 0.717) is 37.4 Å². The van der Waals surface area contributed by atoms with Crippen LogP contribution < -0.4 is 15.1 Å². The van der Waals surface area contributed by atoms with Crippen LogP contribution in [0.5, 0.6) is 0 Å². The largest absolute Gasteiger partial charge is 0.462 e. The highest BCUT2D eigenvalue weighted by atomic mass is 35.5. The Morgan fingerprint density at radius 1 is 1.02 bits per heavy atom. The van der Waals surface area contributed by atoms with Crippen molar-refractivity contribution in [1.82, 2.24) is 9.55 Å². The third kappa shape index (κ3) is 5.37. The lowest BCUT2D eigenvalue weighted by Gasteiger charge is -2.30. The summed E-state index contributed by atoms with van der Waals surface area (Å²) in [5, 5.41) is 2.87. The number of carbonyl (C=O) groups is 4. The van der Waals surface area contributed by atoms with Gasteiger partial charge in [-0.05, 0) is 67.1 Å². The smallest absolute Gasteiger partial charge is 0.338 e. The monoisotopic (exact) mass is 634 g/mol. The van der Waals surface area contributed by atoms with Gasteiger partial charge < -0.3 is 10.1 Å². The fourth-order valence-electron chi connectivity index (χ4n) is 5.27. The molecule has 2 aromatic carbocycles. The maximum Gasteiger partial charge on any atom is 0.338 e. The van der Waals surface area contributed by atoms with Crippen molar-refractivity contribution in [3.05, 3.63) is 104 Å². The van der Waals surface area contributed by atoms with Crippen LogP contribution in [-0.2, 0) is 25.7 Å². The molecule has 3 atom stereocenters. The number of anilines is 2. The number of fused-ring (bicyclic) bond motifs is 2. The molecule has 0 aliphatic carbocycles. The summed E-state index contributed by atoms with van der Waals surface area (Å²) >= 11 is 8.12. The van der Waals surface area contributed by atoms with Crippen molar-refractivity contribution in [3.63, 3.8) is 0 Å². The normalized spacial score (nSPS) is 19.1. The van der Waals surface area contributed by atoms with Crippen LogP contribution in [0, 0.1) is 5.92 Å². The highest BCUT2D eigenvalue weighted by molar-refractivity contribution is 8.00. The summed E-state index contributed by atoms with van der Waals surface area (Å²) in [6.07, 6.45) is 3.24. The predicted molar refractivity (Wildman–Crippen MR) is 163 cm³/mol. The van der Waals surface area contributed by atoms with Gasteiger partial charge in [0.1, 0.15) is 11.8 Å². The number of nitrogens with zero attached hydrogens (tertiary/aromatic N) is 3. The first kappa shape index (κ1) is 28.8. The van der Waals surface area contributed by atoms with Crippen molar-refractivity contribution >= 4 is 69.8 Å². The van der Waals surface area contributed by atoms with E-state index in [9.17, 15) is 24.0 Å². The maximum absolute atomic E-state index is 13.9. The third-order valence-corrected chi connectivity index (χ3v) is 10.0. The highest BCUT2D eigenvalue weighted by Crippen LogP contribution is 2.53. The van der Waals surface area contributed by atoms with Gasteiger partial charge in [0.15, 0.2) is 0 Å². The maximum atomic E-state index is 13.9. The van der Waals surface area contributed by atoms with Crippen LogP contribution in [0.15, 0.2) is 82.9 Å². The zero-order chi connectivity index (χ0) is 30.2. The fourth-order valence-corrected chi connectivity index (χ4v) is 8.17.